The standard InChI is InChI=1S/C18H29BF3NO4/c1-16(2,3)25-15(24)23-9-11(12(10-23)14(21)22)8-13(20)19-26-17(4,5)18(6,7)27-19/h8,11-12,14H,9-10H2,1-7H3. The number of carbonyl (C=O) groups excluding carboxylic acids is 1. The van der Waals surface area contributed by atoms with Gasteiger partial charge in [0.25, 0.3) is 0 Å². The highest BCUT2D eigenvalue weighted by atomic mass is 19.3. The van der Waals surface area contributed by atoms with Crippen LogP contribution in [0.5, 0.6) is 0 Å². The monoisotopic (exact) mass is 391 g/mol. The molecule has 2 rings (SSSR count). The lowest BCUT2D eigenvalue weighted by atomic mass is 9.83. The molecule has 0 aromatic carbocycles. The van der Waals surface area contributed by atoms with Crippen molar-refractivity contribution >= 4 is 13.2 Å². The first-order chi connectivity index (χ1) is 12.1. The average molecular weight is 391 g/mol. The Morgan fingerprint density at radius 2 is 1.70 bits per heavy atom. The summed E-state index contributed by atoms with van der Waals surface area (Å²) in [4.78, 5) is 13.4. The maximum absolute atomic E-state index is 14.7. The van der Waals surface area contributed by atoms with Crippen LogP contribution in [0.2, 0.25) is 0 Å². The lowest BCUT2D eigenvalue weighted by Gasteiger charge is -2.32. The van der Waals surface area contributed by atoms with Gasteiger partial charge >= 0.3 is 13.2 Å². The topological polar surface area (TPSA) is 48.0 Å². The second-order valence-corrected chi connectivity index (χ2v) is 9.19. The summed E-state index contributed by atoms with van der Waals surface area (Å²) in [6.07, 6.45) is -2.27. The molecule has 2 atom stereocenters. The van der Waals surface area contributed by atoms with Gasteiger partial charge in [-0.15, -0.1) is 0 Å². The number of alkyl halides is 2. The van der Waals surface area contributed by atoms with Crippen LogP contribution in [0.25, 0.3) is 0 Å². The minimum absolute atomic E-state index is 0.0448. The molecule has 2 saturated heterocycles. The van der Waals surface area contributed by atoms with E-state index in [1.165, 1.54) is 4.90 Å². The number of likely N-dealkylation sites (tertiary alicyclic amines) is 1. The van der Waals surface area contributed by atoms with E-state index in [-0.39, 0.29) is 13.1 Å². The molecule has 0 bridgehead atoms. The number of nitrogens with zero attached hydrogens (tertiary/aromatic N) is 1. The Hall–Kier alpha value is -1.22. The van der Waals surface area contributed by atoms with Crippen molar-refractivity contribution in [1.82, 2.24) is 4.90 Å². The Bertz CT molecular complexity index is 588. The molecule has 2 unspecified atom stereocenters. The van der Waals surface area contributed by atoms with Gasteiger partial charge in [-0.2, -0.15) is 0 Å². The normalized spacial score (nSPS) is 28.2. The van der Waals surface area contributed by atoms with Crippen LogP contribution < -0.4 is 0 Å². The Morgan fingerprint density at radius 1 is 1.19 bits per heavy atom. The smallest absolute Gasteiger partial charge is 0.444 e. The van der Waals surface area contributed by atoms with Crippen molar-refractivity contribution < 1.29 is 32.0 Å². The minimum atomic E-state index is -2.69. The van der Waals surface area contributed by atoms with Gasteiger partial charge in [-0.1, -0.05) is 6.08 Å². The molecular weight excluding hydrogens is 362 g/mol. The Labute approximate surface area is 159 Å². The molecule has 154 valence electrons. The molecular formula is C18H29BF3NO4. The predicted octanol–water partition coefficient (Wildman–Crippen LogP) is 4.22. The zero-order chi connectivity index (χ0) is 20.8. The molecule has 1 amide bonds. The second-order valence-electron chi connectivity index (χ2n) is 9.19. The van der Waals surface area contributed by atoms with E-state index in [2.05, 4.69) is 0 Å². The van der Waals surface area contributed by atoms with Gasteiger partial charge in [-0.3, -0.25) is 0 Å². The van der Waals surface area contributed by atoms with Crippen LogP contribution in [-0.4, -0.2) is 54.4 Å². The molecule has 2 heterocycles. The molecule has 2 aliphatic heterocycles. The first kappa shape index (κ1) is 22.1. The molecule has 0 spiro atoms. The lowest BCUT2D eigenvalue weighted by Crippen LogP contribution is -2.41. The number of carbonyl (C=O) groups is 1. The van der Waals surface area contributed by atoms with E-state index in [1.54, 1.807) is 48.5 Å². The fraction of sp³-hybridized carbons (Fsp3) is 0.833. The van der Waals surface area contributed by atoms with Crippen LogP contribution in [0.15, 0.2) is 11.8 Å². The molecule has 0 aromatic rings. The molecule has 2 aliphatic rings. The third kappa shape index (κ3) is 4.99. The van der Waals surface area contributed by atoms with Gasteiger partial charge in [0, 0.05) is 24.9 Å². The Balaban J connectivity index is 2.13. The van der Waals surface area contributed by atoms with Gasteiger partial charge in [0.1, 0.15) is 11.3 Å². The summed E-state index contributed by atoms with van der Waals surface area (Å²) in [5.41, 5.74) is -2.96. The quantitative estimate of drug-likeness (QED) is 0.676. The lowest BCUT2D eigenvalue weighted by molar-refractivity contribution is 0.00578. The van der Waals surface area contributed by atoms with Crippen molar-refractivity contribution in [2.45, 2.75) is 71.7 Å². The van der Waals surface area contributed by atoms with Crippen molar-refractivity contribution in [2.75, 3.05) is 13.1 Å². The van der Waals surface area contributed by atoms with E-state index in [0.717, 1.165) is 6.08 Å². The first-order valence-corrected chi connectivity index (χ1v) is 9.12. The van der Waals surface area contributed by atoms with Crippen LogP contribution in [-0.2, 0) is 14.0 Å². The predicted molar refractivity (Wildman–Crippen MR) is 96.1 cm³/mol. The highest BCUT2D eigenvalue weighted by molar-refractivity contribution is 6.53. The number of halogens is 3. The van der Waals surface area contributed by atoms with Crippen LogP contribution >= 0.6 is 0 Å². The van der Waals surface area contributed by atoms with Crippen molar-refractivity contribution in [3.05, 3.63) is 11.8 Å². The summed E-state index contributed by atoms with van der Waals surface area (Å²) in [7, 11) is -1.25. The van der Waals surface area contributed by atoms with Gasteiger partial charge in [0.15, 0.2) is 0 Å². The minimum Gasteiger partial charge on any atom is -0.444 e. The number of ether oxygens (including phenoxy) is 1. The van der Waals surface area contributed by atoms with E-state index in [9.17, 15) is 18.0 Å². The largest absolute Gasteiger partial charge is 0.524 e. The summed E-state index contributed by atoms with van der Waals surface area (Å²) in [5.74, 6) is -2.03. The van der Waals surface area contributed by atoms with Gasteiger partial charge in [0.05, 0.1) is 11.2 Å². The van der Waals surface area contributed by atoms with Gasteiger partial charge in [0.2, 0.25) is 6.43 Å². The van der Waals surface area contributed by atoms with E-state index in [0.29, 0.717) is 0 Å². The van der Waals surface area contributed by atoms with Crippen molar-refractivity contribution in [3.63, 3.8) is 0 Å². The third-order valence-electron chi connectivity index (χ3n) is 5.24. The summed E-state index contributed by atoms with van der Waals surface area (Å²) in [6, 6.07) is 0. The molecule has 0 aromatic heterocycles. The summed E-state index contributed by atoms with van der Waals surface area (Å²) >= 11 is 0. The van der Waals surface area contributed by atoms with Crippen LogP contribution in [0.4, 0.5) is 18.0 Å². The SMILES string of the molecule is CC(C)(C)OC(=O)N1CC(C=C(F)B2OC(C)(C)C(C)(C)O2)C(C(F)F)C1. The first-order valence-electron chi connectivity index (χ1n) is 9.12. The molecule has 9 heteroatoms. The van der Waals surface area contributed by atoms with E-state index in [4.69, 9.17) is 14.0 Å². The van der Waals surface area contributed by atoms with Gasteiger partial charge in [-0.05, 0) is 48.5 Å². The zero-order valence-corrected chi connectivity index (χ0v) is 17.0. The van der Waals surface area contributed by atoms with Crippen molar-refractivity contribution in [3.8, 4) is 0 Å². The molecule has 27 heavy (non-hydrogen) atoms. The fourth-order valence-electron chi connectivity index (χ4n) is 3.01. The van der Waals surface area contributed by atoms with E-state index in [1.807, 2.05) is 0 Å². The maximum Gasteiger partial charge on any atom is 0.524 e. The van der Waals surface area contributed by atoms with E-state index < -0.39 is 54.0 Å². The summed E-state index contributed by atoms with van der Waals surface area (Å²) < 4.78 is 58.1. The Kier molecular flexibility index (Phi) is 5.98. The molecule has 0 N–H and O–H groups in total. The molecule has 2 fully saturated rings. The number of amides is 1. The molecule has 5 nitrogen and oxygen atoms in total. The third-order valence-corrected chi connectivity index (χ3v) is 5.24. The Morgan fingerprint density at radius 3 is 2.15 bits per heavy atom. The number of hydrogen-bond acceptors (Lipinski definition) is 4. The maximum atomic E-state index is 14.7. The van der Waals surface area contributed by atoms with Crippen molar-refractivity contribution in [2.24, 2.45) is 11.8 Å². The highest BCUT2D eigenvalue weighted by Gasteiger charge is 2.53. The highest BCUT2D eigenvalue weighted by Crippen LogP contribution is 2.40. The molecule has 0 radical (unpaired) electrons. The fourth-order valence-corrected chi connectivity index (χ4v) is 3.01. The molecule has 0 aliphatic carbocycles. The van der Waals surface area contributed by atoms with Gasteiger partial charge in [-0.25, -0.2) is 18.0 Å². The number of rotatable bonds is 3. The molecule has 0 saturated carbocycles. The van der Waals surface area contributed by atoms with Crippen LogP contribution in [0.3, 0.4) is 0 Å². The summed E-state index contributed by atoms with van der Waals surface area (Å²) in [6.45, 7) is 12.0. The van der Waals surface area contributed by atoms with Crippen molar-refractivity contribution in [1.29, 1.82) is 0 Å². The second kappa shape index (κ2) is 7.31. The average Bonchev–Trinajstić information content (AvgIpc) is 2.96. The number of hydrogen-bond donors (Lipinski definition) is 0. The summed E-state index contributed by atoms with van der Waals surface area (Å²) in [5, 5.41) is 0. The van der Waals surface area contributed by atoms with Crippen LogP contribution in [0, 0.1) is 11.8 Å². The van der Waals surface area contributed by atoms with E-state index >= 15 is 0 Å². The van der Waals surface area contributed by atoms with Gasteiger partial charge < -0.3 is 18.9 Å². The van der Waals surface area contributed by atoms with Crippen LogP contribution in [0.1, 0.15) is 48.5 Å². The zero-order valence-electron chi connectivity index (χ0n) is 17.0.